The Hall–Kier alpha value is -1.96. The van der Waals surface area contributed by atoms with E-state index in [4.69, 9.17) is 10.5 Å². The molecule has 2 heteroatoms. The van der Waals surface area contributed by atoms with Crippen molar-refractivity contribution in [1.29, 1.82) is 0 Å². The first-order valence-electron chi connectivity index (χ1n) is 6.61. The second-order valence-electron chi connectivity index (χ2n) is 5.04. The normalized spacial score (nSPS) is 10.5. The van der Waals surface area contributed by atoms with Crippen LogP contribution in [-0.4, -0.2) is 6.61 Å². The molecule has 0 spiro atoms. The van der Waals surface area contributed by atoms with Crippen LogP contribution in [0.25, 0.3) is 0 Å². The minimum Gasteiger partial charge on any atom is -0.493 e. The molecule has 0 unspecified atom stereocenters. The van der Waals surface area contributed by atoms with Crippen LogP contribution in [0.5, 0.6) is 5.75 Å². The largest absolute Gasteiger partial charge is 0.493 e. The standard InChI is InChI=1S/C17H21NO/c1-12-10-13(2)14(3)17(11-12)19-9-8-15-4-6-16(18)7-5-15/h4-7,10-11H,8-9,18H2,1-3H3. The second-order valence-corrected chi connectivity index (χ2v) is 5.04. The summed E-state index contributed by atoms with van der Waals surface area (Å²) >= 11 is 0. The molecular weight excluding hydrogens is 234 g/mol. The number of nitrogen functional groups attached to an aromatic ring is 1. The molecule has 0 aromatic heterocycles. The number of hydrogen-bond acceptors (Lipinski definition) is 2. The van der Waals surface area contributed by atoms with Crippen molar-refractivity contribution in [2.45, 2.75) is 27.2 Å². The van der Waals surface area contributed by atoms with E-state index in [0.29, 0.717) is 6.61 Å². The van der Waals surface area contributed by atoms with Gasteiger partial charge in [-0.15, -0.1) is 0 Å². The zero-order chi connectivity index (χ0) is 13.8. The second kappa shape index (κ2) is 5.79. The van der Waals surface area contributed by atoms with Crippen LogP contribution in [0.15, 0.2) is 36.4 Å². The van der Waals surface area contributed by atoms with Gasteiger partial charge in [0.25, 0.3) is 0 Å². The molecule has 2 rings (SSSR count). The van der Waals surface area contributed by atoms with Crippen molar-refractivity contribution in [3.05, 3.63) is 58.7 Å². The first kappa shape index (κ1) is 13.5. The van der Waals surface area contributed by atoms with Crippen LogP contribution in [0.2, 0.25) is 0 Å². The number of hydrogen-bond donors (Lipinski definition) is 1. The monoisotopic (exact) mass is 255 g/mol. The van der Waals surface area contributed by atoms with Gasteiger partial charge in [0, 0.05) is 12.1 Å². The average molecular weight is 255 g/mol. The summed E-state index contributed by atoms with van der Waals surface area (Å²) in [5, 5.41) is 0. The molecular formula is C17H21NO. The summed E-state index contributed by atoms with van der Waals surface area (Å²) in [6.45, 7) is 7.01. The van der Waals surface area contributed by atoms with Crippen LogP contribution < -0.4 is 10.5 Å². The maximum Gasteiger partial charge on any atom is 0.122 e. The van der Waals surface area contributed by atoms with Crippen molar-refractivity contribution in [1.82, 2.24) is 0 Å². The summed E-state index contributed by atoms with van der Waals surface area (Å²) in [6.07, 6.45) is 0.896. The lowest BCUT2D eigenvalue weighted by Crippen LogP contribution is -2.03. The quantitative estimate of drug-likeness (QED) is 0.843. The molecule has 0 atom stereocenters. The third kappa shape index (κ3) is 3.50. The van der Waals surface area contributed by atoms with Crippen LogP contribution in [0.3, 0.4) is 0 Å². The highest BCUT2D eigenvalue weighted by atomic mass is 16.5. The Morgan fingerprint density at radius 1 is 1.00 bits per heavy atom. The molecule has 19 heavy (non-hydrogen) atoms. The van der Waals surface area contributed by atoms with E-state index in [1.54, 1.807) is 0 Å². The summed E-state index contributed by atoms with van der Waals surface area (Å²) in [4.78, 5) is 0. The zero-order valence-corrected chi connectivity index (χ0v) is 11.9. The highest BCUT2D eigenvalue weighted by molar-refractivity contribution is 5.42. The van der Waals surface area contributed by atoms with Crippen molar-refractivity contribution >= 4 is 5.69 Å². The van der Waals surface area contributed by atoms with Crippen LogP contribution in [-0.2, 0) is 6.42 Å². The van der Waals surface area contributed by atoms with Crippen molar-refractivity contribution in [3.63, 3.8) is 0 Å². The summed E-state index contributed by atoms with van der Waals surface area (Å²) in [5.41, 5.74) is 11.5. The lowest BCUT2D eigenvalue weighted by atomic mass is 10.1. The zero-order valence-electron chi connectivity index (χ0n) is 11.9. The van der Waals surface area contributed by atoms with Gasteiger partial charge >= 0.3 is 0 Å². The minimum absolute atomic E-state index is 0.688. The average Bonchev–Trinajstić information content (AvgIpc) is 2.37. The first-order chi connectivity index (χ1) is 9.06. The number of rotatable bonds is 4. The molecule has 0 fully saturated rings. The molecule has 2 N–H and O–H groups in total. The molecule has 0 saturated carbocycles. The summed E-state index contributed by atoms with van der Waals surface area (Å²) < 4.78 is 5.90. The highest BCUT2D eigenvalue weighted by Gasteiger charge is 2.04. The predicted octanol–water partition coefficient (Wildman–Crippen LogP) is 3.82. The SMILES string of the molecule is Cc1cc(C)c(C)c(OCCc2ccc(N)cc2)c1. The highest BCUT2D eigenvalue weighted by Crippen LogP contribution is 2.23. The lowest BCUT2D eigenvalue weighted by molar-refractivity contribution is 0.319. The molecule has 0 heterocycles. The molecule has 0 bridgehead atoms. The third-order valence-corrected chi connectivity index (χ3v) is 3.39. The van der Waals surface area contributed by atoms with E-state index in [1.807, 2.05) is 24.3 Å². The minimum atomic E-state index is 0.688. The van der Waals surface area contributed by atoms with Gasteiger partial charge in [-0.1, -0.05) is 18.2 Å². The van der Waals surface area contributed by atoms with Crippen molar-refractivity contribution in [3.8, 4) is 5.75 Å². The maximum atomic E-state index is 5.90. The number of benzene rings is 2. The topological polar surface area (TPSA) is 35.2 Å². The molecule has 2 nitrogen and oxygen atoms in total. The van der Waals surface area contributed by atoms with Gasteiger partial charge in [0.2, 0.25) is 0 Å². The maximum absolute atomic E-state index is 5.90. The van der Waals surface area contributed by atoms with E-state index in [0.717, 1.165) is 17.9 Å². The van der Waals surface area contributed by atoms with Gasteiger partial charge in [0.05, 0.1) is 6.61 Å². The molecule has 2 aromatic carbocycles. The first-order valence-corrected chi connectivity index (χ1v) is 6.61. The van der Waals surface area contributed by atoms with Crippen LogP contribution in [0.4, 0.5) is 5.69 Å². The van der Waals surface area contributed by atoms with E-state index in [1.165, 1.54) is 22.3 Å². The lowest BCUT2D eigenvalue weighted by Gasteiger charge is -2.12. The molecule has 100 valence electrons. The van der Waals surface area contributed by atoms with Crippen LogP contribution in [0, 0.1) is 20.8 Å². The van der Waals surface area contributed by atoms with Gasteiger partial charge in [-0.2, -0.15) is 0 Å². The molecule has 0 aliphatic rings. The predicted molar refractivity (Wildman–Crippen MR) is 80.7 cm³/mol. The fraction of sp³-hybridized carbons (Fsp3) is 0.294. The van der Waals surface area contributed by atoms with Gasteiger partial charge in [0.1, 0.15) is 5.75 Å². The van der Waals surface area contributed by atoms with Gasteiger partial charge in [-0.25, -0.2) is 0 Å². The van der Waals surface area contributed by atoms with E-state index < -0.39 is 0 Å². The van der Waals surface area contributed by atoms with Gasteiger partial charge < -0.3 is 10.5 Å². The van der Waals surface area contributed by atoms with Crippen molar-refractivity contribution in [2.75, 3.05) is 12.3 Å². The van der Waals surface area contributed by atoms with Gasteiger partial charge in [-0.3, -0.25) is 0 Å². The molecule has 0 aliphatic carbocycles. The summed E-state index contributed by atoms with van der Waals surface area (Å²) in [7, 11) is 0. The summed E-state index contributed by atoms with van der Waals surface area (Å²) in [5.74, 6) is 0.993. The Kier molecular flexibility index (Phi) is 4.10. The van der Waals surface area contributed by atoms with Crippen molar-refractivity contribution < 1.29 is 4.74 Å². The Bertz CT molecular complexity index is 558. The van der Waals surface area contributed by atoms with Crippen LogP contribution >= 0.6 is 0 Å². The fourth-order valence-corrected chi connectivity index (χ4v) is 2.11. The number of aryl methyl sites for hydroxylation is 2. The number of nitrogens with two attached hydrogens (primary N) is 1. The molecule has 0 amide bonds. The molecule has 2 aromatic rings. The van der Waals surface area contributed by atoms with Crippen molar-refractivity contribution in [2.24, 2.45) is 0 Å². The Morgan fingerprint density at radius 3 is 2.37 bits per heavy atom. The van der Waals surface area contributed by atoms with Gasteiger partial charge in [0.15, 0.2) is 0 Å². The van der Waals surface area contributed by atoms with Gasteiger partial charge in [-0.05, 0) is 61.2 Å². The number of ether oxygens (including phenoxy) is 1. The Labute approximate surface area is 115 Å². The molecule has 0 radical (unpaired) electrons. The fourth-order valence-electron chi connectivity index (χ4n) is 2.11. The molecule has 0 aliphatic heterocycles. The number of anilines is 1. The third-order valence-electron chi connectivity index (χ3n) is 3.39. The molecule has 0 saturated heterocycles. The summed E-state index contributed by atoms with van der Waals surface area (Å²) in [6, 6.07) is 12.2. The van der Waals surface area contributed by atoms with E-state index >= 15 is 0 Å². The van der Waals surface area contributed by atoms with E-state index in [9.17, 15) is 0 Å². The van der Waals surface area contributed by atoms with E-state index in [-0.39, 0.29) is 0 Å². The smallest absolute Gasteiger partial charge is 0.122 e. The Morgan fingerprint density at radius 2 is 1.68 bits per heavy atom. The Balaban J connectivity index is 1.98. The van der Waals surface area contributed by atoms with Crippen LogP contribution in [0.1, 0.15) is 22.3 Å². The van der Waals surface area contributed by atoms with E-state index in [2.05, 4.69) is 32.9 Å².